The molecule has 1 nitrogen and oxygen atoms in total. The molecule has 2 rings (SSSR count). The molecule has 4 heteroatoms. The van der Waals surface area contributed by atoms with E-state index in [2.05, 4.69) is 59.1 Å². The fourth-order valence-electron chi connectivity index (χ4n) is 2.37. The predicted octanol–water partition coefficient (Wildman–Crippen LogP) is 4.85. The van der Waals surface area contributed by atoms with E-state index in [1.54, 1.807) is 0 Å². The van der Waals surface area contributed by atoms with Gasteiger partial charge in [0.2, 0.25) is 0 Å². The van der Waals surface area contributed by atoms with Crippen LogP contribution in [-0.2, 0) is 6.42 Å². The summed E-state index contributed by atoms with van der Waals surface area (Å²) in [6.07, 6.45) is 0.327. The summed E-state index contributed by atoms with van der Waals surface area (Å²) in [5, 5.41) is 3.38. The Morgan fingerprint density at radius 3 is 2.14 bits per heavy atom. The van der Waals surface area contributed by atoms with Crippen molar-refractivity contribution >= 4 is 22.6 Å². The van der Waals surface area contributed by atoms with E-state index in [1.807, 2.05) is 6.92 Å². The SMILES string of the molecule is CC(Cc1c(F)cccc1F)NC(C)c1ccc(I)cc1. The van der Waals surface area contributed by atoms with Crippen molar-refractivity contribution in [3.05, 3.63) is 68.8 Å². The van der Waals surface area contributed by atoms with Crippen LogP contribution in [0.1, 0.15) is 31.0 Å². The summed E-state index contributed by atoms with van der Waals surface area (Å²) < 4.78 is 28.5. The van der Waals surface area contributed by atoms with Gasteiger partial charge in [-0.05, 0) is 72.7 Å². The Kier molecular flexibility index (Phi) is 5.70. The second-order valence-corrected chi connectivity index (χ2v) is 6.49. The maximum Gasteiger partial charge on any atom is 0.129 e. The number of nitrogens with one attached hydrogen (secondary N) is 1. The van der Waals surface area contributed by atoms with Crippen LogP contribution in [0.2, 0.25) is 0 Å². The van der Waals surface area contributed by atoms with Crippen molar-refractivity contribution in [2.24, 2.45) is 0 Å². The molecule has 0 amide bonds. The first-order chi connectivity index (χ1) is 9.97. The summed E-state index contributed by atoms with van der Waals surface area (Å²) in [5.41, 5.74) is 1.31. The van der Waals surface area contributed by atoms with Gasteiger partial charge in [0.05, 0.1) is 0 Å². The lowest BCUT2D eigenvalue weighted by Crippen LogP contribution is -2.31. The maximum atomic E-state index is 13.6. The van der Waals surface area contributed by atoms with Crippen LogP contribution in [0.3, 0.4) is 0 Å². The van der Waals surface area contributed by atoms with Gasteiger partial charge in [-0.15, -0.1) is 0 Å². The largest absolute Gasteiger partial charge is 0.307 e. The Hall–Kier alpha value is -1.01. The number of benzene rings is 2. The van der Waals surface area contributed by atoms with Gasteiger partial charge in [0.1, 0.15) is 11.6 Å². The molecule has 2 aromatic carbocycles. The van der Waals surface area contributed by atoms with Gasteiger partial charge in [0.15, 0.2) is 0 Å². The smallest absolute Gasteiger partial charge is 0.129 e. The lowest BCUT2D eigenvalue weighted by Gasteiger charge is -2.21. The average Bonchev–Trinajstić information content (AvgIpc) is 2.43. The van der Waals surface area contributed by atoms with Crippen molar-refractivity contribution in [3.63, 3.8) is 0 Å². The molecule has 0 saturated carbocycles. The van der Waals surface area contributed by atoms with Crippen LogP contribution in [0.4, 0.5) is 8.78 Å². The summed E-state index contributed by atoms with van der Waals surface area (Å²) in [7, 11) is 0. The fourth-order valence-corrected chi connectivity index (χ4v) is 2.73. The van der Waals surface area contributed by atoms with Crippen LogP contribution in [0, 0.1) is 15.2 Å². The van der Waals surface area contributed by atoms with Crippen LogP contribution in [0.15, 0.2) is 42.5 Å². The van der Waals surface area contributed by atoms with E-state index in [-0.39, 0.29) is 17.6 Å². The van der Waals surface area contributed by atoms with Gasteiger partial charge in [-0.1, -0.05) is 18.2 Å². The Morgan fingerprint density at radius 2 is 1.57 bits per heavy atom. The summed E-state index contributed by atoms with van der Waals surface area (Å²) in [6, 6.07) is 12.3. The van der Waals surface area contributed by atoms with E-state index in [1.165, 1.54) is 21.8 Å². The molecule has 2 aromatic rings. The third-order valence-corrected chi connectivity index (χ3v) is 4.20. The van der Waals surface area contributed by atoms with Gasteiger partial charge in [-0.3, -0.25) is 0 Å². The number of hydrogen-bond donors (Lipinski definition) is 1. The van der Waals surface area contributed by atoms with Gasteiger partial charge in [0.25, 0.3) is 0 Å². The summed E-state index contributed by atoms with van der Waals surface area (Å²) in [4.78, 5) is 0. The summed E-state index contributed by atoms with van der Waals surface area (Å²) >= 11 is 2.26. The molecule has 0 aromatic heterocycles. The molecular formula is C17H18F2IN. The first kappa shape index (κ1) is 16.4. The molecule has 21 heavy (non-hydrogen) atoms. The van der Waals surface area contributed by atoms with Crippen LogP contribution >= 0.6 is 22.6 Å². The first-order valence-electron chi connectivity index (χ1n) is 6.91. The van der Waals surface area contributed by atoms with Crippen molar-refractivity contribution in [3.8, 4) is 0 Å². The molecular weight excluding hydrogens is 383 g/mol. The van der Waals surface area contributed by atoms with Gasteiger partial charge in [0, 0.05) is 21.2 Å². The van der Waals surface area contributed by atoms with Crippen LogP contribution in [0.5, 0.6) is 0 Å². The van der Waals surface area contributed by atoms with Gasteiger partial charge < -0.3 is 5.32 Å². The Labute approximate surface area is 137 Å². The highest BCUT2D eigenvalue weighted by atomic mass is 127. The van der Waals surface area contributed by atoms with Crippen molar-refractivity contribution in [1.82, 2.24) is 5.32 Å². The first-order valence-corrected chi connectivity index (χ1v) is 7.99. The highest BCUT2D eigenvalue weighted by Crippen LogP contribution is 2.18. The van der Waals surface area contributed by atoms with Crippen LogP contribution < -0.4 is 5.32 Å². The normalized spacial score (nSPS) is 14.0. The molecule has 112 valence electrons. The molecule has 0 heterocycles. The van der Waals surface area contributed by atoms with Gasteiger partial charge in [-0.2, -0.15) is 0 Å². The standard InChI is InChI=1S/C17H18F2IN/c1-11(10-15-16(18)4-3-5-17(15)19)21-12(2)13-6-8-14(20)9-7-13/h3-9,11-12,21H,10H2,1-2H3. The number of hydrogen-bond acceptors (Lipinski definition) is 1. The van der Waals surface area contributed by atoms with E-state index >= 15 is 0 Å². The number of halogens is 3. The Balaban J connectivity index is 2.01. The van der Waals surface area contributed by atoms with Crippen molar-refractivity contribution in [1.29, 1.82) is 0 Å². The van der Waals surface area contributed by atoms with E-state index in [4.69, 9.17) is 0 Å². The Morgan fingerprint density at radius 1 is 1.00 bits per heavy atom. The van der Waals surface area contributed by atoms with E-state index in [0.29, 0.717) is 6.42 Å². The van der Waals surface area contributed by atoms with E-state index < -0.39 is 11.6 Å². The molecule has 0 radical (unpaired) electrons. The zero-order valence-electron chi connectivity index (χ0n) is 12.0. The van der Waals surface area contributed by atoms with E-state index in [9.17, 15) is 8.78 Å². The molecule has 0 bridgehead atoms. The van der Waals surface area contributed by atoms with Crippen LogP contribution in [0.25, 0.3) is 0 Å². The minimum atomic E-state index is -0.481. The predicted molar refractivity (Wildman–Crippen MR) is 90.2 cm³/mol. The zero-order chi connectivity index (χ0) is 15.4. The third-order valence-electron chi connectivity index (χ3n) is 3.48. The third kappa shape index (κ3) is 4.48. The van der Waals surface area contributed by atoms with Crippen molar-refractivity contribution in [2.75, 3.05) is 0 Å². The topological polar surface area (TPSA) is 12.0 Å². The fraction of sp³-hybridized carbons (Fsp3) is 0.294. The molecule has 0 aliphatic rings. The maximum absolute atomic E-state index is 13.6. The average molecular weight is 401 g/mol. The Bertz CT molecular complexity index is 578. The van der Waals surface area contributed by atoms with E-state index in [0.717, 1.165) is 5.56 Å². The molecule has 0 spiro atoms. The molecule has 0 saturated heterocycles. The van der Waals surface area contributed by atoms with Gasteiger partial charge >= 0.3 is 0 Å². The molecule has 1 N–H and O–H groups in total. The molecule has 0 aliphatic heterocycles. The summed E-state index contributed by atoms with van der Waals surface area (Å²) in [6.45, 7) is 3.99. The second-order valence-electron chi connectivity index (χ2n) is 5.25. The van der Waals surface area contributed by atoms with Crippen molar-refractivity contribution < 1.29 is 8.78 Å². The zero-order valence-corrected chi connectivity index (χ0v) is 14.2. The minimum Gasteiger partial charge on any atom is -0.307 e. The highest BCUT2D eigenvalue weighted by Gasteiger charge is 2.14. The monoisotopic (exact) mass is 401 g/mol. The molecule has 0 aliphatic carbocycles. The second kappa shape index (κ2) is 7.31. The van der Waals surface area contributed by atoms with Gasteiger partial charge in [-0.25, -0.2) is 8.78 Å². The summed E-state index contributed by atoms with van der Waals surface area (Å²) in [5.74, 6) is -0.962. The molecule has 0 fully saturated rings. The molecule has 2 unspecified atom stereocenters. The molecule has 2 atom stereocenters. The lowest BCUT2D eigenvalue weighted by molar-refractivity contribution is 0.457. The minimum absolute atomic E-state index is 0.0225. The van der Waals surface area contributed by atoms with Crippen LogP contribution in [-0.4, -0.2) is 6.04 Å². The highest BCUT2D eigenvalue weighted by molar-refractivity contribution is 14.1. The lowest BCUT2D eigenvalue weighted by atomic mass is 10.0. The number of rotatable bonds is 5. The van der Waals surface area contributed by atoms with Crippen molar-refractivity contribution in [2.45, 2.75) is 32.4 Å². The quantitative estimate of drug-likeness (QED) is 0.707.